The number of hydrogen-bond acceptors (Lipinski definition) is 3. The van der Waals surface area contributed by atoms with Crippen molar-refractivity contribution in [1.82, 2.24) is 9.62 Å². The molecule has 0 aliphatic heterocycles. The molecule has 0 unspecified atom stereocenters. The first-order valence-electron chi connectivity index (χ1n) is 6.31. The molecule has 1 aliphatic carbocycles. The second-order valence-corrected chi connectivity index (χ2v) is 6.48. The maximum atomic E-state index is 11.9. The minimum Gasteiger partial charge on any atom is -0.314 e. The van der Waals surface area contributed by atoms with Gasteiger partial charge in [-0.15, -0.1) is 0 Å². The summed E-state index contributed by atoms with van der Waals surface area (Å²) < 4.78 is 25.4. The van der Waals surface area contributed by atoms with Crippen molar-refractivity contribution in [2.75, 3.05) is 25.4 Å². The predicted octanol–water partition coefficient (Wildman–Crippen LogP) is 1.19. The summed E-state index contributed by atoms with van der Waals surface area (Å²) in [6.45, 7) is 5.97. The summed E-state index contributed by atoms with van der Waals surface area (Å²) in [6, 6.07) is 0.667. The van der Waals surface area contributed by atoms with Crippen LogP contribution in [0.4, 0.5) is 0 Å². The highest BCUT2D eigenvalue weighted by Crippen LogP contribution is 2.18. The van der Waals surface area contributed by atoms with Gasteiger partial charge in [-0.2, -0.15) is 0 Å². The summed E-state index contributed by atoms with van der Waals surface area (Å²) in [5, 5.41) is 3.34. The van der Waals surface area contributed by atoms with Gasteiger partial charge in [-0.3, -0.25) is 0 Å². The van der Waals surface area contributed by atoms with E-state index in [0.29, 0.717) is 19.1 Å². The van der Waals surface area contributed by atoms with Crippen LogP contribution in [0.3, 0.4) is 0 Å². The average Bonchev–Trinajstić information content (AvgIpc) is 3.04. The lowest BCUT2D eigenvalue weighted by Gasteiger charge is -2.19. The Balaban J connectivity index is 2.24. The van der Waals surface area contributed by atoms with Gasteiger partial charge in [0.05, 0.1) is 5.75 Å². The molecule has 1 aliphatic rings. The fourth-order valence-electron chi connectivity index (χ4n) is 1.72. The van der Waals surface area contributed by atoms with Gasteiger partial charge in [0.2, 0.25) is 10.0 Å². The molecule has 4 nitrogen and oxygen atoms in total. The molecule has 16 heavy (non-hydrogen) atoms. The number of sulfonamides is 1. The van der Waals surface area contributed by atoms with E-state index in [1.54, 1.807) is 4.31 Å². The van der Waals surface area contributed by atoms with E-state index in [4.69, 9.17) is 0 Å². The molecule has 0 amide bonds. The van der Waals surface area contributed by atoms with Crippen LogP contribution in [0.1, 0.15) is 39.5 Å². The van der Waals surface area contributed by atoms with Gasteiger partial charge in [0.25, 0.3) is 0 Å². The number of nitrogens with zero attached hydrogens (tertiary/aromatic N) is 1. The van der Waals surface area contributed by atoms with Gasteiger partial charge in [0.1, 0.15) is 0 Å². The highest BCUT2D eigenvalue weighted by atomic mass is 32.2. The van der Waals surface area contributed by atoms with Crippen LogP contribution in [0.5, 0.6) is 0 Å². The van der Waals surface area contributed by atoms with E-state index in [9.17, 15) is 8.42 Å². The van der Waals surface area contributed by atoms with Gasteiger partial charge in [-0.1, -0.05) is 13.8 Å². The zero-order chi connectivity index (χ0) is 12.0. The summed E-state index contributed by atoms with van der Waals surface area (Å²) >= 11 is 0. The molecule has 0 bridgehead atoms. The zero-order valence-electron chi connectivity index (χ0n) is 10.4. The molecule has 0 radical (unpaired) electrons. The molecule has 96 valence electrons. The third kappa shape index (κ3) is 4.80. The van der Waals surface area contributed by atoms with Gasteiger partial charge < -0.3 is 5.32 Å². The van der Waals surface area contributed by atoms with Crippen molar-refractivity contribution in [2.24, 2.45) is 0 Å². The normalized spacial score (nSPS) is 16.9. The lowest BCUT2D eigenvalue weighted by atomic mass is 10.5. The Morgan fingerprint density at radius 1 is 1.31 bits per heavy atom. The molecule has 0 heterocycles. The minimum absolute atomic E-state index is 0.278. The molecule has 0 saturated heterocycles. The van der Waals surface area contributed by atoms with Crippen molar-refractivity contribution in [3.05, 3.63) is 0 Å². The number of nitrogens with one attached hydrogen (secondary N) is 1. The Kier molecular flexibility index (Phi) is 5.72. The molecule has 0 atom stereocenters. The molecule has 0 aromatic carbocycles. The predicted molar refractivity (Wildman–Crippen MR) is 67.0 cm³/mol. The third-order valence-corrected chi connectivity index (χ3v) is 4.84. The van der Waals surface area contributed by atoms with Crippen LogP contribution in [0, 0.1) is 0 Å². The van der Waals surface area contributed by atoms with Crippen LogP contribution in [0.2, 0.25) is 0 Å². The quantitative estimate of drug-likeness (QED) is 0.624. The Labute approximate surface area is 99.5 Å². The van der Waals surface area contributed by atoms with Gasteiger partial charge in [0, 0.05) is 19.1 Å². The summed E-state index contributed by atoms with van der Waals surface area (Å²) in [7, 11) is -3.02. The van der Waals surface area contributed by atoms with Gasteiger partial charge in [-0.05, 0) is 32.2 Å². The molecule has 1 rings (SSSR count). The summed E-state index contributed by atoms with van der Waals surface area (Å²) in [5.41, 5.74) is 0. The lowest BCUT2D eigenvalue weighted by molar-refractivity contribution is 0.425. The Morgan fingerprint density at radius 2 is 2.00 bits per heavy atom. The van der Waals surface area contributed by atoms with Crippen LogP contribution in [-0.4, -0.2) is 44.2 Å². The summed E-state index contributed by atoms with van der Waals surface area (Å²) in [6.07, 6.45) is 4.11. The Bertz CT molecular complexity index is 286. The van der Waals surface area contributed by atoms with Crippen molar-refractivity contribution >= 4 is 10.0 Å². The first-order valence-corrected chi connectivity index (χ1v) is 7.92. The van der Waals surface area contributed by atoms with Crippen LogP contribution in [0.15, 0.2) is 0 Å². The molecular weight excluding hydrogens is 224 g/mol. The van der Waals surface area contributed by atoms with Crippen LogP contribution in [-0.2, 0) is 10.0 Å². The second-order valence-electron chi connectivity index (χ2n) is 4.39. The highest BCUT2D eigenvalue weighted by Gasteiger charge is 2.21. The molecule has 0 aromatic heterocycles. The fraction of sp³-hybridized carbons (Fsp3) is 1.00. The molecule has 1 saturated carbocycles. The first kappa shape index (κ1) is 13.9. The second kappa shape index (κ2) is 6.57. The third-order valence-electron chi connectivity index (χ3n) is 2.81. The van der Waals surface area contributed by atoms with E-state index < -0.39 is 10.0 Å². The van der Waals surface area contributed by atoms with E-state index >= 15 is 0 Å². The van der Waals surface area contributed by atoms with Crippen molar-refractivity contribution in [3.63, 3.8) is 0 Å². The van der Waals surface area contributed by atoms with E-state index in [-0.39, 0.29) is 5.75 Å². The lowest BCUT2D eigenvalue weighted by Crippen LogP contribution is -2.34. The molecule has 0 aromatic rings. The molecule has 1 N–H and O–H groups in total. The SMILES string of the molecule is CCCN(CC)S(=O)(=O)CCCNC1CC1. The van der Waals surface area contributed by atoms with Crippen molar-refractivity contribution in [3.8, 4) is 0 Å². The topological polar surface area (TPSA) is 49.4 Å². The van der Waals surface area contributed by atoms with Crippen molar-refractivity contribution in [1.29, 1.82) is 0 Å². The molecule has 1 fully saturated rings. The van der Waals surface area contributed by atoms with E-state index in [0.717, 1.165) is 19.4 Å². The Hall–Kier alpha value is -0.130. The smallest absolute Gasteiger partial charge is 0.214 e. The Morgan fingerprint density at radius 3 is 2.50 bits per heavy atom. The van der Waals surface area contributed by atoms with Crippen molar-refractivity contribution < 1.29 is 8.42 Å². The minimum atomic E-state index is -3.02. The van der Waals surface area contributed by atoms with Crippen molar-refractivity contribution in [2.45, 2.75) is 45.6 Å². The average molecular weight is 248 g/mol. The maximum Gasteiger partial charge on any atom is 0.214 e. The van der Waals surface area contributed by atoms with E-state index in [2.05, 4.69) is 5.32 Å². The van der Waals surface area contributed by atoms with Gasteiger partial charge >= 0.3 is 0 Å². The van der Waals surface area contributed by atoms with Crippen LogP contribution in [0.25, 0.3) is 0 Å². The van der Waals surface area contributed by atoms with Gasteiger partial charge in [0.15, 0.2) is 0 Å². The van der Waals surface area contributed by atoms with E-state index in [1.807, 2.05) is 13.8 Å². The van der Waals surface area contributed by atoms with Crippen LogP contribution >= 0.6 is 0 Å². The standard InChI is InChI=1S/C11H24N2O2S/c1-3-9-13(4-2)16(14,15)10-5-8-12-11-6-7-11/h11-12H,3-10H2,1-2H3. The summed E-state index contributed by atoms with van der Waals surface area (Å²) in [5.74, 6) is 0.278. The highest BCUT2D eigenvalue weighted by molar-refractivity contribution is 7.89. The number of rotatable bonds is 9. The summed E-state index contributed by atoms with van der Waals surface area (Å²) in [4.78, 5) is 0. The maximum absolute atomic E-state index is 11.9. The van der Waals surface area contributed by atoms with E-state index in [1.165, 1.54) is 12.8 Å². The molecule has 5 heteroatoms. The first-order chi connectivity index (χ1) is 7.60. The molecular formula is C11H24N2O2S. The molecule has 0 spiro atoms. The number of hydrogen-bond donors (Lipinski definition) is 1. The van der Waals surface area contributed by atoms with Crippen LogP contribution < -0.4 is 5.32 Å². The zero-order valence-corrected chi connectivity index (χ0v) is 11.2. The monoisotopic (exact) mass is 248 g/mol. The largest absolute Gasteiger partial charge is 0.314 e. The van der Waals surface area contributed by atoms with Gasteiger partial charge in [-0.25, -0.2) is 12.7 Å². The fourth-order valence-corrected chi connectivity index (χ4v) is 3.34.